The van der Waals surface area contributed by atoms with Gasteiger partial charge >= 0.3 is 0 Å². The summed E-state index contributed by atoms with van der Waals surface area (Å²) in [7, 11) is 3.76. The molecule has 3 heteroatoms. The number of likely N-dealkylation sites (N-methyl/N-ethyl adjacent to an activating group) is 1. The van der Waals surface area contributed by atoms with E-state index in [0.717, 1.165) is 17.8 Å². The molecule has 0 aliphatic carbocycles. The van der Waals surface area contributed by atoms with Crippen molar-refractivity contribution in [3.05, 3.63) is 35.8 Å². The molecule has 0 amide bonds. The fourth-order valence-corrected chi connectivity index (χ4v) is 1.51. The minimum Gasteiger partial charge on any atom is -0.499 e. The third-order valence-corrected chi connectivity index (χ3v) is 2.56. The molecule has 0 fully saturated rings. The fraction of sp³-hybridized carbons (Fsp3) is 0.500. The van der Waals surface area contributed by atoms with Gasteiger partial charge in [-0.05, 0) is 31.5 Å². The van der Waals surface area contributed by atoms with Gasteiger partial charge in [-0.3, -0.25) is 0 Å². The molecule has 0 aromatic rings. The summed E-state index contributed by atoms with van der Waals surface area (Å²) in [4.78, 5) is 2.14. The summed E-state index contributed by atoms with van der Waals surface area (Å²) in [5.74, 6) is 0.993. The number of methoxy groups -OCH3 is 1. The monoisotopic (exact) mass is 208 g/mol. The number of ether oxygens (including phenoxy) is 1. The summed E-state index contributed by atoms with van der Waals surface area (Å²) in [6.07, 6.45) is 9.25. The zero-order valence-corrected chi connectivity index (χ0v) is 9.73. The van der Waals surface area contributed by atoms with E-state index in [1.165, 1.54) is 0 Å². The summed E-state index contributed by atoms with van der Waals surface area (Å²) < 4.78 is 5.33. The van der Waals surface area contributed by atoms with Crippen LogP contribution >= 0.6 is 0 Å². The van der Waals surface area contributed by atoms with Crippen LogP contribution in [0.1, 0.15) is 13.3 Å². The van der Waals surface area contributed by atoms with E-state index in [9.17, 15) is 0 Å². The van der Waals surface area contributed by atoms with E-state index in [4.69, 9.17) is 10.5 Å². The molecule has 0 saturated heterocycles. The Morgan fingerprint density at radius 1 is 1.60 bits per heavy atom. The van der Waals surface area contributed by atoms with Crippen LogP contribution in [0.15, 0.2) is 35.8 Å². The lowest BCUT2D eigenvalue weighted by Gasteiger charge is -2.28. The molecule has 1 unspecified atom stereocenters. The van der Waals surface area contributed by atoms with E-state index < -0.39 is 0 Å². The maximum Gasteiger partial charge on any atom is 0.118 e. The van der Waals surface area contributed by atoms with Crippen LogP contribution in [0.3, 0.4) is 0 Å². The smallest absolute Gasteiger partial charge is 0.118 e. The normalized spacial score (nSPS) is 21.6. The average molecular weight is 208 g/mol. The molecular formula is C12H20N2O. The summed E-state index contributed by atoms with van der Waals surface area (Å²) in [5, 5.41) is 0. The van der Waals surface area contributed by atoms with Crippen LogP contribution in [0.25, 0.3) is 0 Å². The van der Waals surface area contributed by atoms with Crippen molar-refractivity contribution in [1.29, 1.82) is 0 Å². The molecule has 1 atom stereocenters. The van der Waals surface area contributed by atoms with Crippen LogP contribution in [0.2, 0.25) is 0 Å². The maximum atomic E-state index is 5.43. The molecule has 0 spiro atoms. The molecule has 15 heavy (non-hydrogen) atoms. The number of hydrogen-bond acceptors (Lipinski definition) is 3. The second-order valence-corrected chi connectivity index (χ2v) is 3.70. The van der Waals surface area contributed by atoms with Gasteiger partial charge < -0.3 is 15.4 Å². The van der Waals surface area contributed by atoms with Crippen LogP contribution in [0.5, 0.6) is 0 Å². The zero-order chi connectivity index (χ0) is 11.3. The summed E-state index contributed by atoms with van der Waals surface area (Å²) >= 11 is 0. The molecule has 1 rings (SSSR count). The SMILES string of the molecule is COC1=CC(C=CCCN)=CN(C)C1C. The molecular weight excluding hydrogens is 188 g/mol. The first-order chi connectivity index (χ1) is 7.19. The topological polar surface area (TPSA) is 38.5 Å². The lowest BCUT2D eigenvalue weighted by atomic mass is 10.1. The van der Waals surface area contributed by atoms with Gasteiger partial charge in [-0.25, -0.2) is 0 Å². The minimum absolute atomic E-state index is 0.307. The highest BCUT2D eigenvalue weighted by Gasteiger charge is 2.16. The average Bonchev–Trinajstić information content (AvgIpc) is 2.23. The molecule has 0 radical (unpaired) electrons. The van der Waals surface area contributed by atoms with E-state index in [-0.39, 0.29) is 0 Å². The van der Waals surface area contributed by atoms with E-state index in [2.05, 4.69) is 36.3 Å². The Labute approximate surface area is 91.9 Å². The van der Waals surface area contributed by atoms with Crippen molar-refractivity contribution < 1.29 is 4.74 Å². The zero-order valence-electron chi connectivity index (χ0n) is 9.73. The predicted octanol–water partition coefficient (Wildman–Crippen LogP) is 1.64. The van der Waals surface area contributed by atoms with Crippen LogP contribution < -0.4 is 5.73 Å². The molecule has 1 aliphatic rings. The Morgan fingerprint density at radius 2 is 2.33 bits per heavy atom. The van der Waals surface area contributed by atoms with Crippen molar-refractivity contribution in [3.8, 4) is 0 Å². The molecule has 2 N–H and O–H groups in total. The Hall–Kier alpha value is -1.22. The van der Waals surface area contributed by atoms with Crippen molar-refractivity contribution in [2.45, 2.75) is 19.4 Å². The van der Waals surface area contributed by atoms with Gasteiger partial charge in [0.2, 0.25) is 0 Å². The Balaban J connectivity index is 2.73. The molecule has 84 valence electrons. The molecule has 3 nitrogen and oxygen atoms in total. The lowest BCUT2D eigenvalue weighted by Crippen LogP contribution is -2.29. The second-order valence-electron chi connectivity index (χ2n) is 3.70. The highest BCUT2D eigenvalue weighted by Crippen LogP contribution is 2.20. The Morgan fingerprint density at radius 3 is 2.93 bits per heavy atom. The molecule has 1 aliphatic heterocycles. The Kier molecular flexibility index (Phi) is 4.43. The third-order valence-electron chi connectivity index (χ3n) is 2.56. The van der Waals surface area contributed by atoms with Gasteiger partial charge in [0.15, 0.2) is 0 Å². The number of nitrogens with zero attached hydrogens (tertiary/aromatic N) is 1. The first kappa shape index (κ1) is 11.9. The maximum absolute atomic E-state index is 5.43. The second kappa shape index (κ2) is 5.61. The number of hydrogen-bond donors (Lipinski definition) is 1. The van der Waals surface area contributed by atoms with Crippen LogP contribution in [0.4, 0.5) is 0 Å². The number of rotatable bonds is 4. The van der Waals surface area contributed by atoms with Crippen molar-refractivity contribution in [2.75, 3.05) is 20.7 Å². The highest BCUT2D eigenvalue weighted by atomic mass is 16.5. The summed E-state index contributed by atoms with van der Waals surface area (Å²) in [5.41, 5.74) is 6.58. The first-order valence-corrected chi connectivity index (χ1v) is 5.25. The van der Waals surface area contributed by atoms with Crippen molar-refractivity contribution in [3.63, 3.8) is 0 Å². The molecule has 0 bridgehead atoms. The van der Waals surface area contributed by atoms with Gasteiger partial charge in [0.05, 0.1) is 13.2 Å². The lowest BCUT2D eigenvalue weighted by molar-refractivity contribution is 0.212. The van der Waals surface area contributed by atoms with Gasteiger partial charge in [0.1, 0.15) is 5.76 Å². The van der Waals surface area contributed by atoms with E-state index >= 15 is 0 Å². The van der Waals surface area contributed by atoms with E-state index in [1.807, 2.05) is 7.05 Å². The van der Waals surface area contributed by atoms with Gasteiger partial charge in [0, 0.05) is 13.2 Å². The van der Waals surface area contributed by atoms with Crippen LogP contribution in [-0.2, 0) is 4.74 Å². The highest BCUT2D eigenvalue weighted by molar-refractivity contribution is 5.36. The first-order valence-electron chi connectivity index (χ1n) is 5.25. The standard InChI is InChI=1S/C12H20N2O/c1-10-12(15-3)8-11(9-14(10)2)6-4-5-7-13/h4,6,8-10H,5,7,13H2,1-3H3. The largest absolute Gasteiger partial charge is 0.499 e. The molecule has 1 heterocycles. The third kappa shape index (κ3) is 3.13. The van der Waals surface area contributed by atoms with Gasteiger partial charge in [-0.15, -0.1) is 0 Å². The van der Waals surface area contributed by atoms with Crippen molar-refractivity contribution >= 4 is 0 Å². The predicted molar refractivity (Wildman–Crippen MR) is 63.2 cm³/mol. The van der Waals surface area contributed by atoms with E-state index in [1.54, 1.807) is 7.11 Å². The van der Waals surface area contributed by atoms with Gasteiger partial charge in [-0.1, -0.05) is 12.2 Å². The molecule has 0 aromatic heterocycles. The minimum atomic E-state index is 0.307. The van der Waals surface area contributed by atoms with E-state index in [0.29, 0.717) is 12.6 Å². The van der Waals surface area contributed by atoms with Crippen molar-refractivity contribution in [2.24, 2.45) is 5.73 Å². The summed E-state index contributed by atoms with van der Waals surface area (Å²) in [6.45, 7) is 2.81. The molecule has 0 saturated carbocycles. The van der Waals surface area contributed by atoms with Gasteiger partial charge in [-0.2, -0.15) is 0 Å². The van der Waals surface area contributed by atoms with Crippen molar-refractivity contribution in [1.82, 2.24) is 4.90 Å². The summed E-state index contributed by atoms with van der Waals surface area (Å²) in [6, 6.07) is 0.307. The quantitative estimate of drug-likeness (QED) is 0.763. The van der Waals surface area contributed by atoms with Crippen LogP contribution in [0, 0.1) is 0 Å². The Bertz CT molecular complexity index is 292. The number of allylic oxidation sites excluding steroid dienone is 3. The van der Waals surface area contributed by atoms with Gasteiger partial charge in [0.25, 0.3) is 0 Å². The molecule has 0 aromatic carbocycles. The van der Waals surface area contributed by atoms with Crippen LogP contribution in [-0.4, -0.2) is 31.6 Å². The fourth-order valence-electron chi connectivity index (χ4n) is 1.51. The number of nitrogens with two attached hydrogens (primary N) is 1.